The first-order valence-corrected chi connectivity index (χ1v) is 4.72. The van der Waals surface area contributed by atoms with E-state index in [1.807, 2.05) is 0 Å². The lowest BCUT2D eigenvalue weighted by molar-refractivity contribution is -0.150. The average Bonchev–Trinajstić information content (AvgIpc) is 2.25. The number of carbonyl (C=O) groups is 2. The van der Waals surface area contributed by atoms with Crippen LogP contribution < -0.4 is 5.32 Å². The standard InChI is InChI=1S/C10H16N2O4/c1-5-6-15-9(13)7(2)16-8(3)12-10(14)11-4/h5,7H,1,6H2,2-4H3,(H,11,14)/b12-8+. The molecule has 2 amide bonds. The number of carbonyl (C=O) groups excluding carboxylic acids is 2. The van der Waals surface area contributed by atoms with Crippen molar-refractivity contribution in [1.82, 2.24) is 5.32 Å². The number of ether oxygens (including phenoxy) is 2. The number of urea groups is 1. The number of esters is 1. The van der Waals surface area contributed by atoms with Gasteiger partial charge in [-0.25, -0.2) is 9.59 Å². The van der Waals surface area contributed by atoms with Crippen LogP contribution in [0.4, 0.5) is 4.79 Å². The Bertz CT molecular complexity index is 299. The third-order valence-electron chi connectivity index (χ3n) is 1.50. The Labute approximate surface area is 94.3 Å². The van der Waals surface area contributed by atoms with Crippen LogP contribution in [0.25, 0.3) is 0 Å². The number of nitrogens with one attached hydrogen (secondary N) is 1. The van der Waals surface area contributed by atoms with Gasteiger partial charge in [0.1, 0.15) is 6.61 Å². The van der Waals surface area contributed by atoms with Crippen LogP contribution in [0.5, 0.6) is 0 Å². The fourth-order valence-corrected chi connectivity index (χ4v) is 0.788. The number of hydrogen-bond donors (Lipinski definition) is 1. The summed E-state index contributed by atoms with van der Waals surface area (Å²) in [5, 5.41) is 2.30. The molecule has 1 atom stereocenters. The molecular weight excluding hydrogens is 212 g/mol. The lowest BCUT2D eigenvalue weighted by Crippen LogP contribution is -2.26. The molecule has 0 aromatic rings. The lowest BCUT2D eigenvalue weighted by Gasteiger charge is -2.12. The Morgan fingerprint density at radius 2 is 2.19 bits per heavy atom. The van der Waals surface area contributed by atoms with E-state index in [0.717, 1.165) is 0 Å². The van der Waals surface area contributed by atoms with E-state index in [-0.39, 0.29) is 12.5 Å². The van der Waals surface area contributed by atoms with E-state index in [0.29, 0.717) is 0 Å². The highest BCUT2D eigenvalue weighted by Gasteiger charge is 2.16. The van der Waals surface area contributed by atoms with Crippen molar-refractivity contribution in [3.63, 3.8) is 0 Å². The second-order valence-electron chi connectivity index (χ2n) is 2.86. The molecule has 0 saturated heterocycles. The fraction of sp³-hybridized carbons (Fsp3) is 0.500. The molecule has 6 nitrogen and oxygen atoms in total. The van der Waals surface area contributed by atoms with Crippen LogP contribution >= 0.6 is 0 Å². The molecule has 0 saturated carbocycles. The number of aliphatic imine (C=N–C) groups is 1. The van der Waals surface area contributed by atoms with Crippen LogP contribution in [0.3, 0.4) is 0 Å². The molecule has 1 unspecified atom stereocenters. The monoisotopic (exact) mass is 228 g/mol. The van der Waals surface area contributed by atoms with E-state index in [4.69, 9.17) is 9.47 Å². The zero-order valence-corrected chi connectivity index (χ0v) is 9.65. The van der Waals surface area contributed by atoms with E-state index in [1.54, 1.807) is 0 Å². The first-order chi connectivity index (χ1) is 7.51. The zero-order chi connectivity index (χ0) is 12.6. The molecule has 0 aliphatic carbocycles. The van der Waals surface area contributed by atoms with Crippen LogP contribution in [0.15, 0.2) is 17.6 Å². The Hall–Kier alpha value is -1.85. The molecule has 0 bridgehead atoms. The van der Waals surface area contributed by atoms with Gasteiger partial charge in [0, 0.05) is 14.0 Å². The molecular formula is C10H16N2O4. The molecule has 0 radical (unpaired) electrons. The molecule has 0 aromatic carbocycles. The maximum atomic E-state index is 11.2. The number of nitrogens with zero attached hydrogens (tertiary/aromatic N) is 1. The topological polar surface area (TPSA) is 77.0 Å². The average molecular weight is 228 g/mol. The summed E-state index contributed by atoms with van der Waals surface area (Å²) < 4.78 is 9.81. The van der Waals surface area contributed by atoms with Gasteiger partial charge in [-0.1, -0.05) is 12.7 Å². The van der Waals surface area contributed by atoms with E-state index in [1.165, 1.54) is 27.0 Å². The first-order valence-electron chi connectivity index (χ1n) is 4.72. The van der Waals surface area contributed by atoms with E-state index in [9.17, 15) is 9.59 Å². The van der Waals surface area contributed by atoms with Gasteiger partial charge in [0.25, 0.3) is 0 Å². The summed E-state index contributed by atoms with van der Waals surface area (Å²) in [7, 11) is 1.45. The predicted molar refractivity (Wildman–Crippen MR) is 59.3 cm³/mol. The van der Waals surface area contributed by atoms with Gasteiger partial charge in [-0.2, -0.15) is 4.99 Å². The highest BCUT2D eigenvalue weighted by atomic mass is 16.6. The molecule has 0 aliphatic heterocycles. The molecule has 0 aromatic heterocycles. The lowest BCUT2D eigenvalue weighted by atomic mass is 10.4. The minimum Gasteiger partial charge on any atom is -0.466 e. The third kappa shape index (κ3) is 5.79. The van der Waals surface area contributed by atoms with Crippen LogP contribution in [0.1, 0.15) is 13.8 Å². The molecule has 0 rings (SSSR count). The maximum Gasteiger partial charge on any atom is 0.347 e. The van der Waals surface area contributed by atoms with Crippen LogP contribution in [-0.2, 0) is 14.3 Å². The van der Waals surface area contributed by atoms with Crippen LogP contribution in [0.2, 0.25) is 0 Å². The van der Waals surface area contributed by atoms with Crippen molar-refractivity contribution >= 4 is 17.9 Å². The van der Waals surface area contributed by atoms with Crippen LogP contribution in [0, 0.1) is 0 Å². The Morgan fingerprint density at radius 1 is 1.56 bits per heavy atom. The Balaban J connectivity index is 4.17. The maximum absolute atomic E-state index is 11.2. The van der Waals surface area contributed by atoms with Gasteiger partial charge < -0.3 is 14.8 Å². The van der Waals surface area contributed by atoms with Gasteiger partial charge >= 0.3 is 12.0 Å². The van der Waals surface area contributed by atoms with E-state index < -0.39 is 18.1 Å². The summed E-state index contributed by atoms with van der Waals surface area (Å²) in [4.78, 5) is 25.6. The van der Waals surface area contributed by atoms with Crippen molar-refractivity contribution in [2.75, 3.05) is 13.7 Å². The second-order valence-corrected chi connectivity index (χ2v) is 2.86. The number of amides is 2. The van der Waals surface area contributed by atoms with E-state index in [2.05, 4.69) is 16.9 Å². The molecule has 16 heavy (non-hydrogen) atoms. The fourth-order valence-electron chi connectivity index (χ4n) is 0.788. The summed E-state index contributed by atoms with van der Waals surface area (Å²) in [6, 6.07) is -0.538. The van der Waals surface area contributed by atoms with Gasteiger partial charge in [-0.3, -0.25) is 0 Å². The zero-order valence-electron chi connectivity index (χ0n) is 9.65. The van der Waals surface area contributed by atoms with Crippen molar-refractivity contribution < 1.29 is 19.1 Å². The van der Waals surface area contributed by atoms with Gasteiger partial charge in [0.2, 0.25) is 0 Å². The normalized spacial score (nSPS) is 12.6. The summed E-state index contributed by atoms with van der Waals surface area (Å²) in [6.07, 6.45) is 0.643. The minimum atomic E-state index is -0.812. The highest BCUT2D eigenvalue weighted by Crippen LogP contribution is 1.97. The third-order valence-corrected chi connectivity index (χ3v) is 1.50. The summed E-state index contributed by atoms with van der Waals surface area (Å²) in [5.74, 6) is -0.436. The molecule has 0 spiro atoms. The van der Waals surface area contributed by atoms with Crippen molar-refractivity contribution in [1.29, 1.82) is 0 Å². The van der Waals surface area contributed by atoms with Crippen LogP contribution in [-0.4, -0.2) is 37.7 Å². The van der Waals surface area contributed by atoms with Crippen molar-refractivity contribution in [3.8, 4) is 0 Å². The number of hydrogen-bond acceptors (Lipinski definition) is 4. The van der Waals surface area contributed by atoms with Crippen molar-refractivity contribution in [2.45, 2.75) is 20.0 Å². The predicted octanol–water partition coefficient (Wildman–Crippen LogP) is 0.878. The molecule has 1 N–H and O–H groups in total. The summed E-state index contributed by atoms with van der Waals surface area (Å²) >= 11 is 0. The Kier molecular flexibility index (Phi) is 6.58. The van der Waals surface area contributed by atoms with Gasteiger partial charge in [0.05, 0.1) is 0 Å². The Morgan fingerprint density at radius 3 is 2.69 bits per heavy atom. The quantitative estimate of drug-likeness (QED) is 0.335. The van der Waals surface area contributed by atoms with E-state index >= 15 is 0 Å². The van der Waals surface area contributed by atoms with Crippen molar-refractivity contribution in [2.24, 2.45) is 4.99 Å². The summed E-state index contributed by atoms with van der Waals surface area (Å²) in [6.45, 7) is 6.52. The second kappa shape index (κ2) is 7.44. The summed E-state index contributed by atoms with van der Waals surface area (Å²) in [5.41, 5.74) is 0. The highest BCUT2D eigenvalue weighted by molar-refractivity contribution is 5.90. The molecule has 90 valence electrons. The molecule has 0 heterocycles. The SMILES string of the molecule is C=CCOC(=O)C(C)O/C(C)=N/C(=O)NC. The first kappa shape index (κ1) is 14.2. The van der Waals surface area contributed by atoms with Gasteiger partial charge in [-0.15, -0.1) is 0 Å². The molecule has 6 heteroatoms. The largest absolute Gasteiger partial charge is 0.466 e. The van der Waals surface area contributed by atoms with Gasteiger partial charge in [-0.05, 0) is 6.92 Å². The molecule has 0 fully saturated rings. The van der Waals surface area contributed by atoms with Gasteiger partial charge in [0.15, 0.2) is 12.0 Å². The minimum absolute atomic E-state index is 0.0994. The van der Waals surface area contributed by atoms with Crippen molar-refractivity contribution in [3.05, 3.63) is 12.7 Å². The molecule has 0 aliphatic rings. The number of rotatable bonds is 4. The smallest absolute Gasteiger partial charge is 0.347 e.